The second-order valence-corrected chi connectivity index (χ2v) is 8.65. The first kappa shape index (κ1) is 22.2. The number of hydrogen-bond donors (Lipinski definition) is 2. The van der Waals surface area contributed by atoms with Gasteiger partial charge in [0.15, 0.2) is 17.3 Å². The first-order chi connectivity index (χ1) is 15.4. The van der Waals surface area contributed by atoms with Crippen molar-refractivity contribution in [3.63, 3.8) is 0 Å². The number of nitrogens with one attached hydrogen (secondary N) is 1. The van der Waals surface area contributed by atoms with Crippen molar-refractivity contribution >= 4 is 10.9 Å². The largest absolute Gasteiger partial charge is 0.454 e. The molecule has 10 heteroatoms. The molecule has 0 aliphatic carbocycles. The van der Waals surface area contributed by atoms with Crippen LogP contribution in [0.2, 0.25) is 0 Å². The van der Waals surface area contributed by atoms with Gasteiger partial charge in [0.05, 0.1) is 23.7 Å². The minimum absolute atomic E-state index is 0.0423. The Bertz CT molecular complexity index is 1160. The summed E-state index contributed by atoms with van der Waals surface area (Å²) in [5.74, 6) is 2.02. The number of aromatic amines is 1. The molecule has 10 nitrogen and oxygen atoms in total. The Labute approximate surface area is 186 Å². The quantitative estimate of drug-likeness (QED) is 0.518. The molecule has 172 valence electrons. The number of aromatic nitrogens is 5. The number of tetrazole rings is 1. The Morgan fingerprint density at radius 1 is 1.25 bits per heavy atom. The van der Waals surface area contributed by atoms with Crippen LogP contribution >= 0.6 is 0 Å². The van der Waals surface area contributed by atoms with E-state index in [1.807, 2.05) is 16.8 Å². The number of fused-ring (bicyclic) bond motifs is 2. The monoisotopic (exact) mass is 442 g/mol. The maximum absolute atomic E-state index is 12.9. The maximum Gasteiger partial charge on any atom is 0.252 e. The first-order valence-corrected chi connectivity index (χ1v) is 11.0. The van der Waals surface area contributed by atoms with Crippen molar-refractivity contribution in [1.29, 1.82) is 0 Å². The predicted molar refractivity (Wildman–Crippen MR) is 119 cm³/mol. The summed E-state index contributed by atoms with van der Waals surface area (Å²) < 4.78 is 12.7. The Balaban J connectivity index is 1.70. The number of nitrogens with zero attached hydrogens (tertiary/aromatic N) is 5. The molecule has 4 rings (SSSR count). The summed E-state index contributed by atoms with van der Waals surface area (Å²) in [6, 6.07) is 5.36. The third-order valence-electron chi connectivity index (χ3n) is 6.23. The van der Waals surface area contributed by atoms with Crippen molar-refractivity contribution in [3.05, 3.63) is 39.9 Å². The zero-order valence-electron chi connectivity index (χ0n) is 19.0. The molecule has 1 aliphatic rings. The molecule has 0 saturated heterocycles. The van der Waals surface area contributed by atoms with Gasteiger partial charge in [-0.2, -0.15) is 0 Å². The van der Waals surface area contributed by atoms with Gasteiger partial charge >= 0.3 is 0 Å². The Kier molecular flexibility index (Phi) is 6.16. The lowest BCUT2D eigenvalue weighted by atomic mass is 10.0. The molecule has 0 amide bonds. The van der Waals surface area contributed by atoms with Crippen LogP contribution in [0.15, 0.2) is 23.0 Å². The highest BCUT2D eigenvalue weighted by Gasteiger charge is 2.30. The number of pyridine rings is 1. The van der Waals surface area contributed by atoms with Crippen molar-refractivity contribution in [2.45, 2.75) is 58.7 Å². The van der Waals surface area contributed by atoms with Gasteiger partial charge in [0.1, 0.15) is 0 Å². The molecule has 3 aromatic rings. The molecule has 1 atom stereocenters. The molecule has 0 fully saturated rings. The molecule has 1 aliphatic heterocycles. The second kappa shape index (κ2) is 8.87. The van der Waals surface area contributed by atoms with Crippen molar-refractivity contribution in [2.24, 2.45) is 0 Å². The van der Waals surface area contributed by atoms with Gasteiger partial charge in [0.25, 0.3) is 5.56 Å². The van der Waals surface area contributed by atoms with Crippen LogP contribution in [0.4, 0.5) is 0 Å². The van der Waals surface area contributed by atoms with Gasteiger partial charge in [-0.3, -0.25) is 9.69 Å². The molecular formula is C22H30N6O4. The summed E-state index contributed by atoms with van der Waals surface area (Å²) in [4.78, 5) is 17.9. The predicted octanol–water partition coefficient (Wildman–Crippen LogP) is 2.33. The van der Waals surface area contributed by atoms with Crippen LogP contribution in [0.5, 0.6) is 11.5 Å². The maximum atomic E-state index is 12.9. The molecule has 0 radical (unpaired) electrons. The topological polar surface area (TPSA) is 118 Å². The zero-order valence-corrected chi connectivity index (χ0v) is 19.0. The lowest BCUT2D eigenvalue weighted by molar-refractivity contribution is 0.125. The number of ether oxygens (including phenoxy) is 2. The fourth-order valence-electron chi connectivity index (χ4n) is 4.04. The molecule has 0 bridgehead atoms. The van der Waals surface area contributed by atoms with Gasteiger partial charge in [-0.15, -0.1) is 5.10 Å². The number of aliphatic hydroxyl groups excluding tert-OH is 1. The van der Waals surface area contributed by atoms with Crippen LogP contribution in [-0.2, 0) is 12.1 Å². The van der Waals surface area contributed by atoms with E-state index in [2.05, 4.69) is 53.1 Å². The highest BCUT2D eigenvalue weighted by Crippen LogP contribution is 2.35. The summed E-state index contributed by atoms with van der Waals surface area (Å²) in [6.45, 7) is 9.20. The number of H-pyrrole nitrogens is 1. The van der Waals surface area contributed by atoms with Crippen molar-refractivity contribution < 1.29 is 14.6 Å². The fourth-order valence-corrected chi connectivity index (χ4v) is 4.04. The van der Waals surface area contributed by atoms with E-state index in [4.69, 9.17) is 9.47 Å². The fraction of sp³-hybridized carbons (Fsp3) is 0.545. The summed E-state index contributed by atoms with van der Waals surface area (Å²) >= 11 is 0. The molecule has 3 heterocycles. The van der Waals surface area contributed by atoms with Gasteiger partial charge in [0.2, 0.25) is 6.79 Å². The van der Waals surface area contributed by atoms with Gasteiger partial charge < -0.3 is 19.6 Å². The number of benzene rings is 1. The van der Waals surface area contributed by atoms with E-state index in [-0.39, 0.29) is 30.5 Å². The molecule has 0 spiro atoms. The van der Waals surface area contributed by atoms with E-state index in [0.29, 0.717) is 35.7 Å². The normalized spacial score (nSPS) is 14.4. The van der Waals surface area contributed by atoms with Crippen LogP contribution in [0.3, 0.4) is 0 Å². The van der Waals surface area contributed by atoms with Crippen molar-refractivity contribution in [2.75, 3.05) is 19.9 Å². The van der Waals surface area contributed by atoms with E-state index in [0.717, 1.165) is 24.1 Å². The number of hydrogen-bond acceptors (Lipinski definition) is 8. The molecule has 2 aromatic heterocycles. The molecule has 0 saturated carbocycles. The Morgan fingerprint density at radius 2 is 2.00 bits per heavy atom. The minimum atomic E-state index is -0.250. The van der Waals surface area contributed by atoms with E-state index in [1.165, 1.54) is 0 Å². The van der Waals surface area contributed by atoms with Crippen LogP contribution in [-0.4, -0.2) is 55.1 Å². The molecular weight excluding hydrogens is 412 g/mol. The first-order valence-electron chi connectivity index (χ1n) is 11.0. The van der Waals surface area contributed by atoms with E-state index < -0.39 is 0 Å². The molecule has 32 heavy (non-hydrogen) atoms. The van der Waals surface area contributed by atoms with Crippen LogP contribution < -0.4 is 15.0 Å². The average molecular weight is 443 g/mol. The smallest absolute Gasteiger partial charge is 0.252 e. The lowest BCUT2D eigenvalue weighted by Gasteiger charge is -2.32. The minimum Gasteiger partial charge on any atom is -0.454 e. The van der Waals surface area contributed by atoms with E-state index >= 15 is 0 Å². The summed E-state index contributed by atoms with van der Waals surface area (Å²) in [7, 11) is 0. The van der Waals surface area contributed by atoms with Gasteiger partial charge in [-0.25, -0.2) is 4.68 Å². The molecule has 1 aromatic carbocycles. The van der Waals surface area contributed by atoms with Gasteiger partial charge in [-0.05, 0) is 49.2 Å². The van der Waals surface area contributed by atoms with Crippen molar-refractivity contribution in [3.8, 4) is 11.5 Å². The highest BCUT2D eigenvalue weighted by molar-refractivity contribution is 5.83. The Morgan fingerprint density at radius 3 is 2.69 bits per heavy atom. The third-order valence-corrected chi connectivity index (χ3v) is 6.23. The average Bonchev–Trinajstić information content (AvgIpc) is 3.43. The second-order valence-electron chi connectivity index (χ2n) is 8.65. The lowest BCUT2D eigenvalue weighted by Crippen LogP contribution is -2.37. The summed E-state index contributed by atoms with van der Waals surface area (Å²) in [5.41, 5.74) is 0.858. The van der Waals surface area contributed by atoms with Crippen molar-refractivity contribution in [1.82, 2.24) is 30.1 Å². The third kappa shape index (κ3) is 4.07. The van der Waals surface area contributed by atoms with Crippen LogP contribution in [0, 0.1) is 0 Å². The van der Waals surface area contributed by atoms with E-state index in [9.17, 15) is 9.90 Å². The Hall–Kier alpha value is -2.98. The van der Waals surface area contributed by atoms with Gasteiger partial charge in [-0.1, -0.05) is 13.8 Å². The summed E-state index contributed by atoms with van der Waals surface area (Å²) in [5, 5.41) is 23.1. The standard InChI is InChI=1S/C22H30N6O4/c1-5-17(20-24-25-26-28(20)22(3,4)6-2)27(7-8-29)12-15-9-14-10-18-19(32-13-31-18)11-16(14)23-21(15)30/h9-11,17,29H,5-8,12-13H2,1-4H3,(H,23,30). The molecule has 1 unspecified atom stereocenters. The SMILES string of the molecule is CCC(c1nnnn1C(C)(C)CC)N(CCO)Cc1cc2cc3c(cc2[nH]c1=O)OCO3. The van der Waals surface area contributed by atoms with E-state index in [1.54, 1.807) is 6.07 Å². The van der Waals surface area contributed by atoms with Crippen LogP contribution in [0.25, 0.3) is 10.9 Å². The molecule has 2 N–H and O–H groups in total. The zero-order chi connectivity index (χ0) is 22.9. The summed E-state index contributed by atoms with van der Waals surface area (Å²) in [6.07, 6.45) is 1.59. The number of rotatable bonds is 9. The van der Waals surface area contributed by atoms with Crippen LogP contribution in [0.1, 0.15) is 58.0 Å². The highest BCUT2D eigenvalue weighted by atomic mass is 16.7. The number of aliphatic hydroxyl groups is 1. The van der Waals surface area contributed by atoms with Gasteiger partial charge in [0, 0.05) is 30.1 Å².